The molecule has 0 aliphatic carbocycles. The van der Waals surface area contributed by atoms with Crippen LogP contribution in [0, 0.1) is 5.82 Å². The van der Waals surface area contributed by atoms with E-state index in [1.807, 2.05) is 0 Å². The Hall–Kier alpha value is -2.90. The Bertz CT molecular complexity index is 1130. The van der Waals surface area contributed by atoms with Crippen molar-refractivity contribution in [1.82, 2.24) is 0 Å². The Kier molecular flexibility index (Phi) is 4.67. The molecule has 3 rings (SSSR count). The standard InChI is InChI=1S/C17H8Cl2FNO5/c18-7-1-2-9(11(19)3-7)16(23)21-12-5-8(20)4-10-13(22)6-14(17(24)25)26-15(10)12/h1-6H,(H,21,23)(H,24,25). The van der Waals surface area contributed by atoms with Gasteiger partial charge < -0.3 is 14.8 Å². The normalized spacial score (nSPS) is 10.7. The van der Waals surface area contributed by atoms with Crippen LogP contribution in [-0.2, 0) is 0 Å². The van der Waals surface area contributed by atoms with Crippen molar-refractivity contribution in [1.29, 1.82) is 0 Å². The first kappa shape index (κ1) is 17.9. The summed E-state index contributed by atoms with van der Waals surface area (Å²) in [5.74, 6) is -3.66. The van der Waals surface area contributed by atoms with Gasteiger partial charge in [0, 0.05) is 17.2 Å². The summed E-state index contributed by atoms with van der Waals surface area (Å²) < 4.78 is 19.0. The van der Waals surface area contributed by atoms with Gasteiger partial charge in [0.05, 0.1) is 21.7 Å². The minimum atomic E-state index is -1.48. The maximum atomic E-state index is 13.8. The van der Waals surface area contributed by atoms with Crippen molar-refractivity contribution in [3.05, 3.63) is 73.8 Å². The van der Waals surface area contributed by atoms with Crippen LogP contribution in [0.4, 0.5) is 10.1 Å². The number of amides is 1. The van der Waals surface area contributed by atoms with Crippen LogP contribution in [-0.4, -0.2) is 17.0 Å². The molecule has 1 aromatic heterocycles. The molecule has 1 amide bonds. The van der Waals surface area contributed by atoms with Crippen molar-refractivity contribution in [2.45, 2.75) is 0 Å². The number of carboxylic acids is 1. The second-order valence-electron chi connectivity index (χ2n) is 5.19. The number of carbonyl (C=O) groups is 2. The smallest absolute Gasteiger partial charge is 0.371 e. The molecule has 132 valence electrons. The lowest BCUT2D eigenvalue weighted by molar-refractivity contribution is 0.0663. The second-order valence-corrected chi connectivity index (χ2v) is 6.03. The third-order valence-electron chi connectivity index (χ3n) is 3.43. The fraction of sp³-hybridized carbons (Fsp3) is 0. The van der Waals surface area contributed by atoms with Gasteiger partial charge in [0.1, 0.15) is 5.82 Å². The van der Waals surface area contributed by atoms with E-state index >= 15 is 0 Å². The Balaban J connectivity index is 2.13. The maximum absolute atomic E-state index is 13.8. The van der Waals surface area contributed by atoms with Gasteiger partial charge in [0.2, 0.25) is 5.76 Å². The molecule has 26 heavy (non-hydrogen) atoms. The van der Waals surface area contributed by atoms with Gasteiger partial charge in [-0.15, -0.1) is 0 Å². The van der Waals surface area contributed by atoms with Gasteiger partial charge in [-0.2, -0.15) is 0 Å². The molecular formula is C17H8Cl2FNO5. The molecule has 1 heterocycles. The fourth-order valence-electron chi connectivity index (χ4n) is 2.28. The summed E-state index contributed by atoms with van der Waals surface area (Å²) in [5.41, 5.74) is -1.20. The first-order chi connectivity index (χ1) is 12.3. The molecule has 2 aromatic carbocycles. The quantitative estimate of drug-likeness (QED) is 0.692. The highest BCUT2D eigenvalue weighted by Crippen LogP contribution is 2.27. The van der Waals surface area contributed by atoms with Gasteiger partial charge in [0.25, 0.3) is 5.91 Å². The molecule has 6 nitrogen and oxygen atoms in total. The molecule has 0 spiro atoms. The number of nitrogens with one attached hydrogen (secondary N) is 1. The van der Waals surface area contributed by atoms with Crippen molar-refractivity contribution in [2.24, 2.45) is 0 Å². The van der Waals surface area contributed by atoms with Crippen LogP contribution in [0.15, 0.2) is 45.6 Å². The van der Waals surface area contributed by atoms with E-state index < -0.39 is 28.9 Å². The predicted octanol–water partition coefficient (Wildman–Crippen LogP) is 4.19. The second kappa shape index (κ2) is 6.78. The van der Waals surface area contributed by atoms with E-state index in [-0.39, 0.29) is 27.2 Å². The largest absolute Gasteiger partial charge is 0.475 e. The molecule has 0 aliphatic heterocycles. The highest BCUT2D eigenvalue weighted by molar-refractivity contribution is 6.37. The van der Waals surface area contributed by atoms with Crippen LogP contribution >= 0.6 is 23.2 Å². The highest BCUT2D eigenvalue weighted by Gasteiger charge is 2.18. The summed E-state index contributed by atoms with van der Waals surface area (Å²) in [7, 11) is 0. The van der Waals surface area contributed by atoms with Crippen molar-refractivity contribution in [3.63, 3.8) is 0 Å². The number of halogens is 3. The van der Waals surface area contributed by atoms with E-state index in [2.05, 4.69) is 5.32 Å². The highest BCUT2D eigenvalue weighted by atomic mass is 35.5. The number of rotatable bonds is 3. The lowest BCUT2D eigenvalue weighted by Crippen LogP contribution is -2.14. The molecule has 0 bridgehead atoms. The van der Waals surface area contributed by atoms with E-state index in [0.29, 0.717) is 5.02 Å². The van der Waals surface area contributed by atoms with Crippen molar-refractivity contribution in [3.8, 4) is 0 Å². The number of hydrogen-bond acceptors (Lipinski definition) is 4. The molecule has 0 radical (unpaired) electrons. The van der Waals surface area contributed by atoms with E-state index in [4.69, 9.17) is 32.7 Å². The molecule has 2 N–H and O–H groups in total. The summed E-state index contributed by atoms with van der Waals surface area (Å²) >= 11 is 11.7. The Morgan fingerprint density at radius 1 is 1.12 bits per heavy atom. The third-order valence-corrected chi connectivity index (χ3v) is 3.98. The molecule has 0 unspecified atom stereocenters. The topological polar surface area (TPSA) is 96.6 Å². The average Bonchev–Trinajstić information content (AvgIpc) is 2.55. The summed E-state index contributed by atoms with van der Waals surface area (Å²) in [6.45, 7) is 0. The minimum Gasteiger partial charge on any atom is -0.475 e. The molecule has 0 aliphatic rings. The summed E-state index contributed by atoms with van der Waals surface area (Å²) in [6, 6.07) is 6.67. The number of aromatic carboxylic acids is 1. The summed E-state index contributed by atoms with van der Waals surface area (Å²) in [5, 5.41) is 11.5. The van der Waals surface area contributed by atoms with Crippen LogP contribution in [0.5, 0.6) is 0 Å². The molecule has 0 atom stereocenters. The first-order valence-electron chi connectivity index (χ1n) is 7.03. The first-order valence-corrected chi connectivity index (χ1v) is 7.79. The van der Waals surface area contributed by atoms with Crippen LogP contribution in [0.25, 0.3) is 11.0 Å². The lowest BCUT2D eigenvalue weighted by Gasteiger charge is -2.10. The lowest BCUT2D eigenvalue weighted by atomic mass is 10.1. The van der Waals surface area contributed by atoms with Gasteiger partial charge in [-0.25, -0.2) is 9.18 Å². The fourth-order valence-corrected chi connectivity index (χ4v) is 2.78. The van der Waals surface area contributed by atoms with E-state index in [1.165, 1.54) is 18.2 Å². The molecule has 3 aromatic rings. The zero-order chi connectivity index (χ0) is 19.0. The van der Waals surface area contributed by atoms with Gasteiger partial charge in [-0.3, -0.25) is 9.59 Å². The SMILES string of the molecule is O=C(O)c1cc(=O)c2cc(F)cc(NC(=O)c3ccc(Cl)cc3Cl)c2o1. The van der Waals surface area contributed by atoms with Crippen molar-refractivity contribution < 1.29 is 23.5 Å². The predicted molar refractivity (Wildman–Crippen MR) is 93.8 cm³/mol. The van der Waals surface area contributed by atoms with Crippen LogP contribution in [0.3, 0.4) is 0 Å². The summed E-state index contributed by atoms with van der Waals surface area (Å²) in [6.07, 6.45) is 0. The minimum absolute atomic E-state index is 0.0465. The van der Waals surface area contributed by atoms with Crippen molar-refractivity contribution >= 4 is 51.7 Å². The molecule has 9 heteroatoms. The Morgan fingerprint density at radius 2 is 1.85 bits per heavy atom. The Labute approximate surface area is 154 Å². The van der Waals surface area contributed by atoms with Crippen molar-refractivity contribution in [2.75, 3.05) is 5.32 Å². The number of carboxylic acid groups (broad SMARTS) is 1. The Morgan fingerprint density at radius 3 is 2.50 bits per heavy atom. The van der Waals surface area contributed by atoms with Gasteiger partial charge in [0.15, 0.2) is 11.0 Å². The summed E-state index contributed by atoms with van der Waals surface area (Å²) in [4.78, 5) is 35.5. The molecule has 0 saturated heterocycles. The van der Waals surface area contributed by atoms with Gasteiger partial charge >= 0.3 is 5.97 Å². The number of carbonyl (C=O) groups excluding carboxylic acids is 1. The molecular weight excluding hydrogens is 388 g/mol. The van der Waals surface area contributed by atoms with Gasteiger partial charge in [-0.1, -0.05) is 23.2 Å². The number of anilines is 1. The monoisotopic (exact) mass is 395 g/mol. The van der Waals surface area contributed by atoms with Crippen LogP contribution < -0.4 is 10.7 Å². The molecule has 0 fully saturated rings. The van der Waals surface area contributed by atoms with Crippen LogP contribution in [0.1, 0.15) is 20.9 Å². The average molecular weight is 396 g/mol. The van der Waals surface area contributed by atoms with E-state index in [1.54, 1.807) is 0 Å². The maximum Gasteiger partial charge on any atom is 0.371 e. The number of hydrogen-bond donors (Lipinski definition) is 2. The van der Waals surface area contributed by atoms with E-state index in [0.717, 1.165) is 18.2 Å². The molecule has 0 saturated carbocycles. The third kappa shape index (κ3) is 3.40. The number of benzene rings is 2. The van der Waals surface area contributed by atoms with Gasteiger partial charge in [-0.05, 0) is 24.3 Å². The number of fused-ring (bicyclic) bond motifs is 1. The van der Waals surface area contributed by atoms with E-state index in [9.17, 15) is 18.8 Å². The zero-order valence-corrected chi connectivity index (χ0v) is 14.2. The van der Waals surface area contributed by atoms with Crippen LogP contribution in [0.2, 0.25) is 10.0 Å². The zero-order valence-electron chi connectivity index (χ0n) is 12.7.